The van der Waals surface area contributed by atoms with Crippen molar-refractivity contribution in [3.8, 4) is 0 Å². The van der Waals surface area contributed by atoms with Crippen LogP contribution in [-0.2, 0) is 6.42 Å². The van der Waals surface area contributed by atoms with Gasteiger partial charge in [-0.1, -0.05) is 36.8 Å². The first-order chi connectivity index (χ1) is 9.60. The summed E-state index contributed by atoms with van der Waals surface area (Å²) >= 11 is 0. The monoisotopic (exact) mass is 268 g/mol. The van der Waals surface area contributed by atoms with Crippen LogP contribution in [0.5, 0.6) is 0 Å². The zero-order valence-corrected chi connectivity index (χ0v) is 12.9. The predicted molar refractivity (Wildman–Crippen MR) is 85.0 cm³/mol. The Morgan fingerprint density at radius 3 is 2.55 bits per heavy atom. The zero-order valence-electron chi connectivity index (χ0n) is 12.9. The van der Waals surface area contributed by atoms with Crippen LogP contribution in [-0.4, -0.2) is 11.5 Å². The van der Waals surface area contributed by atoms with Crippen molar-refractivity contribution in [3.05, 3.63) is 64.5 Å². The van der Waals surface area contributed by atoms with Gasteiger partial charge in [0, 0.05) is 18.4 Å². The molecule has 1 unspecified atom stereocenters. The van der Waals surface area contributed by atoms with E-state index in [1.54, 1.807) is 0 Å². The van der Waals surface area contributed by atoms with Gasteiger partial charge in [-0.25, -0.2) is 0 Å². The Balaban J connectivity index is 2.27. The second kappa shape index (κ2) is 6.67. The summed E-state index contributed by atoms with van der Waals surface area (Å²) in [5.74, 6) is 0. The number of aromatic nitrogens is 1. The van der Waals surface area contributed by atoms with E-state index in [4.69, 9.17) is 0 Å². The third-order valence-corrected chi connectivity index (χ3v) is 3.68. The van der Waals surface area contributed by atoms with Gasteiger partial charge in [-0.05, 0) is 56.0 Å². The fraction of sp³-hybridized carbons (Fsp3) is 0.389. The maximum absolute atomic E-state index is 4.33. The zero-order chi connectivity index (χ0) is 14.5. The topological polar surface area (TPSA) is 24.9 Å². The molecule has 1 heterocycles. The molecule has 1 N–H and O–H groups in total. The van der Waals surface area contributed by atoms with Gasteiger partial charge in [0.25, 0.3) is 0 Å². The lowest BCUT2D eigenvalue weighted by Gasteiger charge is -2.20. The molecule has 1 atom stereocenters. The van der Waals surface area contributed by atoms with Crippen molar-refractivity contribution in [2.75, 3.05) is 6.54 Å². The molecule has 0 aliphatic rings. The largest absolute Gasteiger partial charge is 0.310 e. The van der Waals surface area contributed by atoms with E-state index in [1.165, 1.54) is 27.8 Å². The highest BCUT2D eigenvalue weighted by Crippen LogP contribution is 2.21. The molecule has 0 aliphatic carbocycles. The van der Waals surface area contributed by atoms with Crippen LogP contribution in [0.2, 0.25) is 0 Å². The molecule has 20 heavy (non-hydrogen) atoms. The fourth-order valence-electron chi connectivity index (χ4n) is 2.56. The minimum absolute atomic E-state index is 0.327. The number of benzene rings is 1. The molecular weight excluding hydrogens is 244 g/mol. The van der Waals surface area contributed by atoms with Crippen LogP contribution in [0.4, 0.5) is 0 Å². The number of rotatable bonds is 5. The number of nitrogens with one attached hydrogen (secondary N) is 1. The van der Waals surface area contributed by atoms with E-state index in [1.807, 2.05) is 12.4 Å². The minimum Gasteiger partial charge on any atom is -0.310 e. The molecule has 1 aromatic carbocycles. The first kappa shape index (κ1) is 14.7. The van der Waals surface area contributed by atoms with Crippen molar-refractivity contribution < 1.29 is 0 Å². The quantitative estimate of drug-likeness (QED) is 0.889. The summed E-state index contributed by atoms with van der Waals surface area (Å²) in [6.45, 7) is 9.55. The molecule has 0 fully saturated rings. The van der Waals surface area contributed by atoms with Crippen molar-refractivity contribution in [3.63, 3.8) is 0 Å². The third-order valence-electron chi connectivity index (χ3n) is 3.68. The van der Waals surface area contributed by atoms with Crippen LogP contribution in [0.25, 0.3) is 0 Å². The Hall–Kier alpha value is -1.67. The van der Waals surface area contributed by atoms with Gasteiger partial charge in [-0.15, -0.1) is 0 Å². The van der Waals surface area contributed by atoms with Gasteiger partial charge in [0.05, 0.1) is 0 Å². The van der Waals surface area contributed by atoms with Crippen LogP contribution in [0.15, 0.2) is 36.7 Å². The Morgan fingerprint density at radius 1 is 1.05 bits per heavy atom. The van der Waals surface area contributed by atoms with Crippen molar-refractivity contribution in [1.82, 2.24) is 10.3 Å². The standard InChI is InChI=1S/C18H24N2/c1-5-20-18(17-9-14(3)11-19-12-17)10-16-8-13(2)6-7-15(16)4/h6-9,11-12,18,20H,5,10H2,1-4H3. The molecule has 0 amide bonds. The lowest BCUT2D eigenvalue weighted by atomic mass is 9.95. The fourth-order valence-corrected chi connectivity index (χ4v) is 2.56. The summed E-state index contributed by atoms with van der Waals surface area (Å²) < 4.78 is 0. The van der Waals surface area contributed by atoms with Gasteiger partial charge in [-0.2, -0.15) is 0 Å². The normalized spacial score (nSPS) is 12.4. The highest BCUT2D eigenvalue weighted by Gasteiger charge is 2.13. The van der Waals surface area contributed by atoms with Gasteiger partial charge < -0.3 is 5.32 Å². The van der Waals surface area contributed by atoms with E-state index >= 15 is 0 Å². The molecule has 0 saturated heterocycles. The number of pyridine rings is 1. The highest BCUT2D eigenvalue weighted by atomic mass is 14.9. The first-order valence-corrected chi connectivity index (χ1v) is 7.31. The average Bonchev–Trinajstić information content (AvgIpc) is 2.42. The maximum atomic E-state index is 4.33. The van der Waals surface area contributed by atoms with Crippen molar-refractivity contribution in [2.24, 2.45) is 0 Å². The minimum atomic E-state index is 0.327. The Bertz CT molecular complexity index is 575. The Labute approximate surface area is 122 Å². The van der Waals surface area contributed by atoms with E-state index in [2.05, 4.69) is 62.3 Å². The molecule has 2 heteroatoms. The lowest BCUT2D eigenvalue weighted by Crippen LogP contribution is -2.23. The number of hydrogen-bond acceptors (Lipinski definition) is 2. The van der Waals surface area contributed by atoms with E-state index < -0.39 is 0 Å². The summed E-state index contributed by atoms with van der Waals surface area (Å²) in [5, 5.41) is 3.58. The molecule has 1 aromatic heterocycles. The predicted octanol–water partition coefficient (Wildman–Crippen LogP) is 3.90. The molecule has 0 radical (unpaired) electrons. The van der Waals surface area contributed by atoms with Gasteiger partial charge in [0.1, 0.15) is 0 Å². The van der Waals surface area contributed by atoms with Crippen LogP contribution in [0.1, 0.15) is 40.8 Å². The molecule has 0 aliphatic heterocycles. The van der Waals surface area contributed by atoms with Crippen LogP contribution >= 0.6 is 0 Å². The number of nitrogens with zero attached hydrogens (tertiary/aromatic N) is 1. The Kier molecular flexibility index (Phi) is 4.91. The maximum Gasteiger partial charge on any atom is 0.0376 e. The lowest BCUT2D eigenvalue weighted by molar-refractivity contribution is 0.546. The van der Waals surface area contributed by atoms with Gasteiger partial charge in [-0.3, -0.25) is 4.98 Å². The Morgan fingerprint density at radius 2 is 1.85 bits per heavy atom. The number of likely N-dealkylation sites (N-methyl/N-ethyl adjacent to an activating group) is 1. The van der Waals surface area contributed by atoms with Crippen molar-refractivity contribution >= 4 is 0 Å². The summed E-state index contributed by atoms with van der Waals surface area (Å²) in [6.07, 6.45) is 4.89. The van der Waals surface area contributed by atoms with E-state index in [0.29, 0.717) is 6.04 Å². The molecule has 0 spiro atoms. The molecule has 2 nitrogen and oxygen atoms in total. The van der Waals surface area contributed by atoms with Crippen LogP contribution in [0.3, 0.4) is 0 Å². The van der Waals surface area contributed by atoms with Crippen molar-refractivity contribution in [2.45, 2.75) is 40.2 Å². The summed E-state index contributed by atoms with van der Waals surface area (Å²) in [5.41, 5.74) is 6.58. The molecule has 2 aromatic rings. The van der Waals surface area contributed by atoms with Gasteiger partial charge in [0.2, 0.25) is 0 Å². The average molecular weight is 268 g/mol. The summed E-state index contributed by atoms with van der Waals surface area (Å²) in [7, 11) is 0. The van der Waals surface area contributed by atoms with Crippen LogP contribution < -0.4 is 5.32 Å². The molecule has 2 rings (SSSR count). The summed E-state index contributed by atoms with van der Waals surface area (Å²) in [4.78, 5) is 4.33. The molecule has 0 saturated carbocycles. The summed E-state index contributed by atoms with van der Waals surface area (Å²) in [6, 6.07) is 9.24. The van der Waals surface area contributed by atoms with E-state index in [9.17, 15) is 0 Å². The first-order valence-electron chi connectivity index (χ1n) is 7.31. The number of hydrogen-bond donors (Lipinski definition) is 1. The molecular formula is C18H24N2. The molecule has 106 valence electrons. The SMILES string of the molecule is CCNC(Cc1cc(C)ccc1C)c1cncc(C)c1. The van der Waals surface area contributed by atoms with Gasteiger partial charge in [0.15, 0.2) is 0 Å². The third kappa shape index (κ3) is 3.67. The smallest absolute Gasteiger partial charge is 0.0376 e. The van der Waals surface area contributed by atoms with Gasteiger partial charge >= 0.3 is 0 Å². The second-order valence-corrected chi connectivity index (χ2v) is 5.54. The number of aryl methyl sites for hydroxylation is 3. The second-order valence-electron chi connectivity index (χ2n) is 5.54. The molecule has 0 bridgehead atoms. The highest BCUT2D eigenvalue weighted by molar-refractivity contribution is 5.32. The van der Waals surface area contributed by atoms with E-state index in [0.717, 1.165) is 13.0 Å². The van der Waals surface area contributed by atoms with E-state index in [-0.39, 0.29) is 0 Å². The van der Waals surface area contributed by atoms with Crippen molar-refractivity contribution in [1.29, 1.82) is 0 Å². The van der Waals surface area contributed by atoms with Crippen LogP contribution in [0, 0.1) is 20.8 Å².